The highest BCUT2D eigenvalue weighted by Gasteiger charge is 2.77. The molecule has 0 saturated heterocycles. The van der Waals surface area contributed by atoms with Gasteiger partial charge < -0.3 is 0 Å². The van der Waals surface area contributed by atoms with Gasteiger partial charge in [-0.05, 0) is 49.0 Å². The van der Waals surface area contributed by atoms with E-state index in [-0.39, 0.29) is 0 Å². The summed E-state index contributed by atoms with van der Waals surface area (Å²) in [5, 5.41) is 0. The summed E-state index contributed by atoms with van der Waals surface area (Å²) in [5.41, 5.74) is 4.49. The van der Waals surface area contributed by atoms with Crippen LogP contribution < -0.4 is 0 Å². The molecular weight excluding hydrogens is 256 g/mol. The van der Waals surface area contributed by atoms with Gasteiger partial charge in [0.1, 0.15) is 0 Å². The van der Waals surface area contributed by atoms with Gasteiger partial charge in [-0.1, -0.05) is 63.4 Å². The number of hydrogen-bond donors (Lipinski definition) is 0. The maximum atomic E-state index is 2.78. The first kappa shape index (κ1) is 13.6. The number of rotatable bonds is 2. The van der Waals surface area contributed by atoms with Crippen molar-refractivity contribution < 1.29 is 0 Å². The Morgan fingerprint density at radius 2 is 1.70 bits per heavy atom. The number of hydrogen-bond acceptors (Lipinski definition) is 0. The fourth-order valence-corrected chi connectivity index (χ4v) is 10.5. The monoisotopic (exact) mass is 288 g/mol. The molecular formula is C19H32Si. The summed E-state index contributed by atoms with van der Waals surface area (Å²) in [7, 11) is -1.00. The van der Waals surface area contributed by atoms with E-state index < -0.39 is 8.07 Å². The predicted octanol–water partition coefficient (Wildman–Crippen LogP) is 6.17. The summed E-state index contributed by atoms with van der Waals surface area (Å²) in [6.45, 7) is 7.97. The lowest BCUT2D eigenvalue weighted by molar-refractivity contribution is 0.239. The molecule has 0 aliphatic heterocycles. The molecule has 0 heterocycles. The van der Waals surface area contributed by atoms with Gasteiger partial charge in [0.05, 0.1) is 0 Å². The smallest absolute Gasteiger partial charge is 0.0483 e. The second-order valence-electron chi connectivity index (χ2n) is 9.29. The molecule has 0 N–H and O–H groups in total. The Morgan fingerprint density at radius 1 is 0.950 bits per heavy atom. The largest absolute Gasteiger partial charge is 0.0736 e. The second-order valence-corrected chi connectivity index (χ2v) is 14.6. The Bertz CT molecular complexity index is 443. The van der Waals surface area contributed by atoms with Crippen LogP contribution in [0.5, 0.6) is 0 Å². The van der Waals surface area contributed by atoms with Gasteiger partial charge in [-0.3, -0.25) is 0 Å². The van der Waals surface area contributed by atoms with Gasteiger partial charge in [0.25, 0.3) is 0 Å². The first-order valence-electron chi connectivity index (χ1n) is 9.25. The Balaban J connectivity index is 1.69. The summed E-state index contributed by atoms with van der Waals surface area (Å²) in [6, 6.07) is 0. The van der Waals surface area contributed by atoms with Gasteiger partial charge in [0.2, 0.25) is 0 Å². The predicted molar refractivity (Wildman–Crippen MR) is 89.7 cm³/mol. The van der Waals surface area contributed by atoms with Gasteiger partial charge >= 0.3 is 0 Å². The molecule has 4 aliphatic carbocycles. The molecule has 0 amide bonds. The van der Waals surface area contributed by atoms with Crippen molar-refractivity contribution in [1.82, 2.24) is 0 Å². The highest BCUT2D eigenvalue weighted by molar-refractivity contribution is 6.78. The van der Waals surface area contributed by atoms with Gasteiger partial charge in [-0.2, -0.15) is 0 Å². The lowest BCUT2D eigenvalue weighted by Gasteiger charge is -2.34. The third kappa shape index (κ3) is 1.65. The van der Waals surface area contributed by atoms with Gasteiger partial charge in [0, 0.05) is 13.5 Å². The average Bonchev–Trinajstić information content (AvgIpc) is 3.17. The molecule has 4 unspecified atom stereocenters. The topological polar surface area (TPSA) is 0 Å². The van der Waals surface area contributed by atoms with Gasteiger partial charge in [0.15, 0.2) is 0 Å². The molecule has 4 aliphatic rings. The quantitative estimate of drug-likeness (QED) is 0.421. The zero-order valence-electron chi connectivity index (χ0n) is 13.8. The van der Waals surface area contributed by atoms with Crippen molar-refractivity contribution in [2.75, 3.05) is 0 Å². The second kappa shape index (κ2) is 4.24. The van der Waals surface area contributed by atoms with Crippen LogP contribution in [-0.2, 0) is 0 Å². The Labute approximate surface area is 126 Å². The lowest BCUT2D eigenvalue weighted by atomic mass is 9.73. The Kier molecular flexibility index (Phi) is 2.89. The number of allylic oxidation sites excluding steroid dienone is 2. The molecule has 112 valence electrons. The maximum absolute atomic E-state index is 2.78. The molecule has 0 bridgehead atoms. The molecule has 0 nitrogen and oxygen atoms in total. The molecule has 4 atom stereocenters. The number of fused-ring (bicyclic) bond motifs is 3. The van der Waals surface area contributed by atoms with Crippen molar-refractivity contribution in [3.63, 3.8) is 0 Å². The first-order valence-corrected chi connectivity index (χ1v) is 12.8. The van der Waals surface area contributed by atoms with E-state index in [4.69, 9.17) is 0 Å². The van der Waals surface area contributed by atoms with E-state index in [0.29, 0.717) is 5.41 Å². The third-order valence-corrected chi connectivity index (χ3v) is 10.1. The highest BCUT2D eigenvalue weighted by Crippen LogP contribution is 2.85. The molecule has 0 radical (unpaired) electrons. The Morgan fingerprint density at radius 3 is 2.50 bits per heavy atom. The minimum absolute atomic E-state index is 0.656. The standard InChI is InChI=1S/C19H32Si/c1-20(2,3)17-16-11-7-5-9-13-19(16,17)18-12-8-4-6-10-15(18)14-18/h14,16-17H,4-13H2,1-3H3. The van der Waals surface area contributed by atoms with Crippen LogP contribution in [-0.4, -0.2) is 8.07 Å². The van der Waals surface area contributed by atoms with Crippen molar-refractivity contribution in [3.05, 3.63) is 11.6 Å². The Hall–Kier alpha value is -0.0431. The first-order chi connectivity index (χ1) is 9.52. The molecule has 1 heteroatoms. The zero-order chi connectivity index (χ0) is 14.0. The van der Waals surface area contributed by atoms with Gasteiger partial charge in [-0.25, -0.2) is 0 Å². The molecule has 0 aromatic heterocycles. The molecule has 0 aromatic rings. The SMILES string of the molecule is C[Si](C)(C)C1C2CCCCCC21C12C=C1CCCCC2. The zero-order valence-corrected chi connectivity index (χ0v) is 14.8. The van der Waals surface area contributed by atoms with Crippen LogP contribution in [0.15, 0.2) is 11.6 Å². The normalized spacial score (nSPS) is 47.5. The van der Waals surface area contributed by atoms with Crippen LogP contribution >= 0.6 is 0 Å². The van der Waals surface area contributed by atoms with Crippen LogP contribution in [0.1, 0.15) is 64.2 Å². The van der Waals surface area contributed by atoms with E-state index in [1.807, 2.05) is 5.57 Å². The molecule has 0 spiro atoms. The minimum Gasteiger partial charge on any atom is -0.0736 e. The molecule has 3 fully saturated rings. The van der Waals surface area contributed by atoms with Crippen LogP contribution in [0.25, 0.3) is 0 Å². The summed E-state index contributed by atoms with van der Waals surface area (Å²) in [4.78, 5) is 0. The lowest BCUT2D eigenvalue weighted by Crippen LogP contribution is -2.30. The molecule has 4 rings (SSSR count). The van der Waals surface area contributed by atoms with E-state index in [1.54, 1.807) is 12.8 Å². The summed E-state index contributed by atoms with van der Waals surface area (Å²) in [6.07, 6.45) is 18.0. The van der Waals surface area contributed by atoms with E-state index in [0.717, 1.165) is 16.9 Å². The van der Waals surface area contributed by atoms with Crippen LogP contribution in [0.4, 0.5) is 0 Å². The van der Waals surface area contributed by atoms with E-state index in [2.05, 4.69) is 25.7 Å². The van der Waals surface area contributed by atoms with Crippen LogP contribution in [0.2, 0.25) is 25.2 Å². The maximum Gasteiger partial charge on any atom is 0.0483 e. The van der Waals surface area contributed by atoms with Crippen LogP contribution in [0.3, 0.4) is 0 Å². The van der Waals surface area contributed by atoms with Crippen molar-refractivity contribution >= 4 is 8.07 Å². The molecule has 0 aromatic carbocycles. The average molecular weight is 289 g/mol. The van der Waals surface area contributed by atoms with Crippen molar-refractivity contribution in [1.29, 1.82) is 0 Å². The fraction of sp³-hybridized carbons (Fsp3) is 0.895. The van der Waals surface area contributed by atoms with Crippen molar-refractivity contribution in [2.45, 2.75) is 89.4 Å². The molecule has 20 heavy (non-hydrogen) atoms. The minimum atomic E-state index is -1.00. The van der Waals surface area contributed by atoms with E-state index >= 15 is 0 Å². The van der Waals surface area contributed by atoms with Crippen LogP contribution in [0, 0.1) is 16.7 Å². The molecule has 3 saturated carbocycles. The summed E-state index contributed by atoms with van der Waals surface area (Å²) >= 11 is 0. The van der Waals surface area contributed by atoms with Crippen molar-refractivity contribution in [3.8, 4) is 0 Å². The highest BCUT2D eigenvalue weighted by atomic mass is 28.3. The van der Waals surface area contributed by atoms with E-state index in [9.17, 15) is 0 Å². The fourth-order valence-electron chi connectivity index (χ4n) is 6.80. The summed E-state index contributed by atoms with van der Waals surface area (Å²) < 4.78 is 0. The van der Waals surface area contributed by atoms with Gasteiger partial charge in [-0.15, -0.1) is 0 Å². The third-order valence-electron chi connectivity index (χ3n) is 7.31. The van der Waals surface area contributed by atoms with Crippen molar-refractivity contribution in [2.24, 2.45) is 16.7 Å². The summed E-state index contributed by atoms with van der Waals surface area (Å²) in [5.74, 6) is 1.11. The van der Waals surface area contributed by atoms with E-state index in [1.165, 1.54) is 51.4 Å².